The topological polar surface area (TPSA) is 546 Å². The Labute approximate surface area is 615 Å². The van der Waals surface area contributed by atoms with Crippen LogP contribution in [0.25, 0.3) is 10.9 Å². The number of nitrogens with one attached hydrogen (secondary N) is 11. The number of aromatic amines is 2. The number of hydrogen-bond acceptors (Lipinski definition) is 23. The zero-order valence-corrected chi connectivity index (χ0v) is 60.5. The SMILES string of the molecule is CCNC(=O)[C@@H]1CCCN1C(=O)[C@H](CCCN=C(N)N)NC(=O)[C@H](CC(C)C)NC(=O)[C@@H](C[C@H]1O[C@H](COC(C)=O)[C@H](OC(C)=O)[C@H](OC(C)=O)[C@H]1OC(C)=O)NC(=O)[C@H](Cc1ccc(O)cc1)NC(=O)[C@H](CO)NC(=O)[C@H](Cc1c[nH]c2ccccc12)NC(=O)[C@H](Cc1cnc[nH]1)NC(=O)[C@@H]1CCC(=O)N1. The second-order valence-electron chi connectivity index (χ2n) is 26.6. The number of phenolic OH excluding ortho intramolecular Hbond substituents is 1. The molecule has 3 aliphatic heterocycles. The van der Waals surface area contributed by atoms with Gasteiger partial charge in [0.25, 0.3) is 0 Å². The molecule has 7 rings (SSSR count). The van der Waals surface area contributed by atoms with E-state index in [0.717, 1.165) is 27.7 Å². The molecule has 582 valence electrons. The van der Waals surface area contributed by atoms with Crippen LogP contribution in [0, 0.1) is 5.92 Å². The minimum atomic E-state index is -2.02. The van der Waals surface area contributed by atoms with Crippen LogP contribution >= 0.6 is 0 Å². The third-order valence-corrected chi connectivity index (χ3v) is 17.8. The Morgan fingerprint density at radius 2 is 1.25 bits per heavy atom. The molecular weight excluding hydrogens is 1400 g/mol. The normalized spacial score (nSPS) is 20.2. The Kier molecular flexibility index (Phi) is 30.9. The number of likely N-dealkylation sites (N-methyl/N-ethyl adjacent to an activating group) is 1. The van der Waals surface area contributed by atoms with E-state index in [2.05, 4.69) is 67.8 Å². The summed E-state index contributed by atoms with van der Waals surface area (Å²) in [6, 6.07) is -1.29. The number of carbonyl (C=O) groups is 14. The lowest BCUT2D eigenvalue weighted by Gasteiger charge is -2.45. The predicted molar refractivity (Wildman–Crippen MR) is 377 cm³/mol. The minimum absolute atomic E-state index is 0.0215. The van der Waals surface area contributed by atoms with Gasteiger partial charge < -0.3 is 108 Å². The van der Waals surface area contributed by atoms with Crippen molar-refractivity contribution in [3.05, 3.63) is 84.1 Å². The third kappa shape index (κ3) is 24.7. The van der Waals surface area contributed by atoms with Crippen LogP contribution in [0.4, 0.5) is 0 Å². The molecule has 0 bridgehead atoms. The lowest BCUT2D eigenvalue weighted by atomic mass is 9.90. The number of guanidine groups is 1. The van der Waals surface area contributed by atoms with E-state index in [1.807, 2.05) is 0 Å². The van der Waals surface area contributed by atoms with Gasteiger partial charge in [-0.15, -0.1) is 0 Å². The fourth-order valence-electron chi connectivity index (χ4n) is 12.8. The van der Waals surface area contributed by atoms with E-state index >= 15 is 9.59 Å². The number of aliphatic hydroxyl groups is 1. The number of nitrogens with two attached hydrogens (primary N) is 2. The molecule has 5 heterocycles. The Hall–Kier alpha value is -11.2. The molecule has 107 heavy (non-hydrogen) atoms. The van der Waals surface area contributed by atoms with Gasteiger partial charge in [0.1, 0.15) is 78.9 Å². The van der Waals surface area contributed by atoms with E-state index < -0.39 is 194 Å². The van der Waals surface area contributed by atoms with Gasteiger partial charge >= 0.3 is 23.9 Å². The van der Waals surface area contributed by atoms with Gasteiger partial charge in [-0.3, -0.25) is 72.1 Å². The number of nitrogens with zero attached hydrogens (tertiary/aromatic N) is 3. The molecule has 2 aromatic heterocycles. The van der Waals surface area contributed by atoms with Gasteiger partial charge in [0.15, 0.2) is 24.3 Å². The van der Waals surface area contributed by atoms with Crippen LogP contribution in [-0.4, -0.2) is 237 Å². The van der Waals surface area contributed by atoms with Gasteiger partial charge in [-0.2, -0.15) is 0 Å². The maximum atomic E-state index is 15.6. The number of esters is 4. The summed E-state index contributed by atoms with van der Waals surface area (Å²) < 4.78 is 28.7. The Morgan fingerprint density at radius 3 is 1.85 bits per heavy atom. The average molecular weight is 1500 g/mol. The second-order valence-corrected chi connectivity index (χ2v) is 26.6. The number of aromatic nitrogens is 3. The molecule has 37 heteroatoms. The lowest BCUT2D eigenvalue weighted by molar-refractivity contribution is -0.253. The summed E-state index contributed by atoms with van der Waals surface area (Å²) in [5, 5.41) is 45.7. The highest BCUT2D eigenvalue weighted by atomic mass is 16.7. The minimum Gasteiger partial charge on any atom is -0.508 e. The molecule has 0 spiro atoms. The number of fused-ring (bicyclic) bond motifs is 1. The number of aliphatic imine (C=N–C) groups is 1. The number of para-hydroxylation sites is 1. The molecular formula is C70H96N16O21. The summed E-state index contributed by atoms with van der Waals surface area (Å²) in [7, 11) is 0. The smallest absolute Gasteiger partial charge is 0.303 e. The molecule has 3 saturated heterocycles. The van der Waals surface area contributed by atoms with Crippen LogP contribution in [0.5, 0.6) is 5.75 Å². The molecule has 0 unspecified atom stereocenters. The van der Waals surface area contributed by atoms with Crippen LogP contribution in [0.3, 0.4) is 0 Å². The highest BCUT2D eigenvalue weighted by Crippen LogP contribution is 2.32. The quantitative estimate of drug-likeness (QED) is 0.00705. The van der Waals surface area contributed by atoms with Crippen LogP contribution < -0.4 is 59.3 Å². The highest BCUT2D eigenvalue weighted by Gasteiger charge is 2.53. The van der Waals surface area contributed by atoms with E-state index in [1.54, 1.807) is 51.2 Å². The standard InChI is InChI=1S/C70H96N16O21/c1-8-74-68(101)54-16-12-24-86(54)69(102)47(15-11-23-75-70(71)72)79-62(95)48(25-35(2)3)80-66(99)52(29-55-58(104-37(5)89)60(106-39(7)91)59(105-38(6)90)56(107-55)33-103-36(4)88)84-63(96)49(26-40-17-19-43(92)20-18-40)81-67(100)53(32-87)85-64(97)50(27-41-30-76-45-14-10-9-13-44(41)45)82-65(98)51(28-42-31-73-34-77-42)83-61(94)46-21-22-57(93)78-46/h9-10,13-14,17-20,30-31,34-35,46-56,58-60,76,87,92H,8,11-12,15-16,21-29,32-33H2,1-7H3,(H,73,77)(H,74,101)(H,78,93)(H,79,95)(H,80,99)(H,81,100)(H,82,98)(H,83,94)(H,84,96)(H,85,97)(H4,71,72,75)/t46-,47-,48-,49-,50-,51-,52+,53-,54-,55+,56+,58-,59-,60+/m0/s1. The number of benzene rings is 2. The highest BCUT2D eigenvalue weighted by molar-refractivity contribution is 6.00. The number of H-pyrrole nitrogens is 2. The van der Waals surface area contributed by atoms with E-state index in [9.17, 15) is 67.7 Å². The average Bonchev–Trinajstić information content (AvgIpc) is 1.50. The maximum Gasteiger partial charge on any atom is 0.303 e. The van der Waals surface area contributed by atoms with Crippen molar-refractivity contribution in [3.8, 4) is 5.75 Å². The van der Waals surface area contributed by atoms with E-state index in [4.69, 9.17) is 35.2 Å². The summed E-state index contributed by atoms with van der Waals surface area (Å²) >= 11 is 0. The number of likely N-dealkylation sites (tertiary alicyclic amines) is 1. The van der Waals surface area contributed by atoms with Gasteiger partial charge in [0, 0.05) is 108 Å². The molecule has 0 aliphatic carbocycles. The first-order valence-electron chi connectivity index (χ1n) is 35.2. The fourth-order valence-corrected chi connectivity index (χ4v) is 12.8. The molecule has 0 radical (unpaired) electrons. The van der Waals surface area contributed by atoms with Crippen molar-refractivity contribution in [2.24, 2.45) is 22.4 Å². The van der Waals surface area contributed by atoms with Crippen molar-refractivity contribution in [3.63, 3.8) is 0 Å². The number of ether oxygens (including phenoxy) is 5. The van der Waals surface area contributed by atoms with Crippen molar-refractivity contribution in [2.45, 2.75) is 204 Å². The van der Waals surface area contributed by atoms with E-state index in [0.29, 0.717) is 35.0 Å². The largest absolute Gasteiger partial charge is 0.508 e. The fraction of sp³-hybridized carbons (Fsp3) is 0.543. The number of imidazole rings is 1. The zero-order valence-electron chi connectivity index (χ0n) is 60.5. The summed E-state index contributed by atoms with van der Waals surface area (Å²) in [6.07, 6.45) is -5.14. The first kappa shape index (κ1) is 83.0. The molecule has 37 nitrogen and oxygen atoms in total. The van der Waals surface area contributed by atoms with Crippen molar-refractivity contribution in [1.82, 2.24) is 67.7 Å². The number of phenols is 1. The van der Waals surface area contributed by atoms with Crippen molar-refractivity contribution in [1.29, 1.82) is 0 Å². The third-order valence-electron chi connectivity index (χ3n) is 17.8. The first-order valence-corrected chi connectivity index (χ1v) is 35.2. The van der Waals surface area contributed by atoms with Gasteiger partial charge in [0.2, 0.25) is 59.1 Å². The Morgan fingerprint density at radius 1 is 0.673 bits per heavy atom. The van der Waals surface area contributed by atoms with Gasteiger partial charge in [-0.05, 0) is 80.7 Å². The van der Waals surface area contributed by atoms with Crippen molar-refractivity contribution < 1.29 is 101 Å². The van der Waals surface area contributed by atoms with Crippen LogP contribution in [0.15, 0.2) is 72.2 Å². The molecule has 0 saturated carbocycles. The van der Waals surface area contributed by atoms with Gasteiger partial charge in [-0.1, -0.05) is 44.2 Å². The van der Waals surface area contributed by atoms with Crippen molar-refractivity contribution in [2.75, 3.05) is 32.8 Å². The molecule has 17 N–H and O–H groups in total. The molecule has 10 amide bonds. The van der Waals surface area contributed by atoms with Crippen LogP contribution in [-0.2, 0) is 110 Å². The van der Waals surface area contributed by atoms with Crippen LogP contribution in [0.2, 0.25) is 0 Å². The molecule has 3 fully saturated rings. The monoisotopic (exact) mass is 1500 g/mol. The molecule has 4 aromatic rings. The number of carbonyl (C=O) groups excluding carboxylic acids is 14. The van der Waals surface area contributed by atoms with Crippen molar-refractivity contribution >= 4 is 99.8 Å². The number of aliphatic hydroxyl groups excluding tert-OH is 1. The predicted octanol–water partition coefficient (Wildman–Crippen LogP) is -2.97. The number of amides is 10. The zero-order chi connectivity index (χ0) is 78.2. The van der Waals surface area contributed by atoms with E-state index in [1.165, 1.54) is 41.7 Å². The molecule has 3 aliphatic rings. The van der Waals surface area contributed by atoms with Gasteiger partial charge in [0.05, 0.1) is 12.9 Å². The Balaban J connectivity index is 1.26. The number of aromatic hydroxyl groups is 1. The summed E-state index contributed by atoms with van der Waals surface area (Å²) in [5.74, 6) is -13.4. The molecule has 14 atom stereocenters. The summed E-state index contributed by atoms with van der Waals surface area (Å²) in [4.78, 5) is 211. The lowest BCUT2D eigenvalue weighted by Crippen LogP contribution is -2.65. The van der Waals surface area contributed by atoms with Crippen LogP contribution in [0.1, 0.15) is 117 Å². The maximum absolute atomic E-state index is 15.6. The first-order chi connectivity index (χ1) is 50.9. The molecule has 2 aromatic carbocycles. The number of rotatable bonds is 37. The Bertz CT molecular complexity index is 3850. The van der Waals surface area contributed by atoms with E-state index in [-0.39, 0.29) is 87.8 Å². The summed E-state index contributed by atoms with van der Waals surface area (Å²) in [6.45, 7) is 7.71. The summed E-state index contributed by atoms with van der Waals surface area (Å²) in [5.41, 5.74) is 13.0. The van der Waals surface area contributed by atoms with Gasteiger partial charge in [-0.25, -0.2) is 4.98 Å². The second kappa shape index (κ2) is 39.8. The number of hydrogen-bond donors (Lipinski definition) is 15.